The topological polar surface area (TPSA) is 35.6 Å². The molecule has 2 aliphatic heterocycles. The van der Waals surface area contributed by atoms with Crippen LogP contribution in [0.15, 0.2) is 0 Å². The van der Waals surface area contributed by atoms with Gasteiger partial charge >= 0.3 is 6.03 Å². The van der Waals surface area contributed by atoms with Gasteiger partial charge in [0.1, 0.15) is 0 Å². The molecule has 0 bridgehead atoms. The summed E-state index contributed by atoms with van der Waals surface area (Å²) < 4.78 is 26.0. The molecule has 0 aliphatic carbocycles. The molecule has 2 amide bonds. The first-order valence-corrected chi connectivity index (χ1v) is 6.58. The average Bonchev–Trinajstić information content (AvgIpc) is 2.32. The molecular weight excluding hydrogens is 240 g/mol. The second kappa shape index (κ2) is 5.38. The Bertz CT molecular complexity index is 294. The number of likely N-dealkylation sites (tertiary alicyclic amines) is 2. The molecule has 0 atom stereocenters. The van der Waals surface area contributed by atoms with Gasteiger partial charge in [-0.25, -0.2) is 13.6 Å². The van der Waals surface area contributed by atoms with Gasteiger partial charge in [-0.3, -0.25) is 0 Å². The van der Waals surface area contributed by atoms with Crippen molar-refractivity contribution in [1.82, 2.24) is 15.1 Å². The quantitative estimate of drug-likeness (QED) is 0.777. The maximum absolute atomic E-state index is 13.0. The predicted molar refractivity (Wildman–Crippen MR) is 64.8 cm³/mol. The van der Waals surface area contributed by atoms with Crippen LogP contribution in [0.5, 0.6) is 0 Å². The third-order valence-electron chi connectivity index (χ3n) is 3.83. The summed E-state index contributed by atoms with van der Waals surface area (Å²) in [4.78, 5) is 15.7. The van der Waals surface area contributed by atoms with Crippen molar-refractivity contribution in [3.05, 3.63) is 0 Å². The van der Waals surface area contributed by atoms with Gasteiger partial charge in [0.15, 0.2) is 0 Å². The van der Waals surface area contributed by atoms with E-state index in [1.54, 1.807) is 0 Å². The molecule has 0 radical (unpaired) electrons. The molecule has 0 aromatic carbocycles. The van der Waals surface area contributed by atoms with Crippen LogP contribution in [0.1, 0.15) is 25.7 Å². The third kappa shape index (κ3) is 3.54. The predicted octanol–water partition coefficient (Wildman–Crippen LogP) is 1.52. The van der Waals surface area contributed by atoms with E-state index in [0.29, 0.717) is 0 Å². The number of halogens is 2. The number of carbonyl (C=O) groups is 1. The first-order chi connectivity index (χ1) is 8.46. The minimum absolute atomic E-state index is 0.158. The smallest absolute Gasteiger partial charge is 0.317 e. The second-order valence-electron chi connectivity index (χ2n) is 5.37. The molecule has 0 saturated carbocycles. The summed E-state index contributed by atoms with van der Waals surface area (Å²) in [5.74, 6) is -2.59. The lowest BCUT2D eigenvalue weighted by molar-refractivity contribution is -0.0471. The molecule has 18 heavy (non-hydrogen) atoms. The van der Waals surface area contributed by atoms with Gasteiger partial charge in [-0.15, -0.1) is 0 Å². The summed E-state index contributed by atoms with van der Waals surface area (Å²) in [7, 11) is 2.06. The van der Waals surface area contributed by atoms with E-state index in [0.717, 1.165) is 25.9 Å². The maximum Gasteiger partial charge on any atom is 0.317 e. The summed E-state index contributed by atoms with van der Waals surface area (Å²) in [6.45, 7) is 2.27. The highest BCUT2D eigenvalue weighted by molar-refractivity contribution is 5.74. The number of nitrogens with zero attached hydrogens (tertiary/aromatic N) is 2. The zero-order valence-electron chi connectivity index (χ0n) is 10.8. The molecule has 1 N–H and O–H groups in total. The molecule has 0 spiro atoms. The largest absolute Gasteiger partial charge is 0.335 e. The van der Waals surface area contributed by atoms with Crippen LogP contribution in [0, 0.1) is 0 Å². The normalized spacial score (nSPS) is 26.1. The number of urea groups is 1. The van der Waals surface area contributed by atoms with Crippen LogP contribution < -0.4 is 5.32 Å². The molecule has 2 saturated heterocycles. The van der Waals surface area contributed by atoms with Crippen LogP contribution in [0.2, 0.25) is 0 Å². The van der Waals surface area contributed by atoms with Crippen molar-refractivity contribution in [3.63, 3.8) is 0 Å². The lowest BCUT2D eigenvalue weighted by Gasteiger charge is -2.35. The summed E-state index contributed by atoms with van der Waals surface area (Å²) in [6, 6.07) is 0.0104. The average molecular weight is 261 g/mol. The Labute approximate surface area is 106 Å². The van der Waals surface area contributed by atoms with Crippen molar-refractivity contribution in [1.29, 1.82) is 0 Å². The van der Waals surface area contributed by atoms with Crippen molar-refractivity contribution >= 4 is 6.03 Å². The van der Waals surface area contributed by atoms with Gasteiger partial charge < -0.3 is 15.1 Å². The van der Waals surface area contributed by atoms with E-state index >= 15 is 0 Å². The third-order valence-corrected chi connectivity index (χ3v) is 3.83. The van der Waals surface area contributed by atoms with E-state index in [4.69, 9.17) is 0 Å². The second-order valence-corrected chi connectivity index (χ2v) is 5.37. The Morgan fingerprint density at radius 3 is 2.28 bits per heavy atom. The van der Waals surface area contributed by atoms with Crippen molar-refractivity contribution in [2.24, 2.45) is 0 Å². The molecule has 2 aliphatic rings. The van der Waals surface area contributed by atoms with Crippen LogP contribution in [0.4, 0.5) is 13.6 Å². The minimum Gasteiger partial charge on any atom is -0.335 e. The fraction of sp³-hybridized carbons (Fsp3) is 0.917. The van der Waals surface area contributed by atoms with E-state index in [2.05, 4.69) is 17.3 Å². The van der Waals surface area contributed by atoms with Crippen LogP contribution in [0.3, 0.4) is 0 Å². The van der Waals surface area contributed by atoms with E-state index < -0.39 is 5.92 Å². The Morgan fingerprint density at radius 1 is 1.17 bits per heavy atom. The van der Waals surface area contributed by atoms with Crippen molar-refractivity contribution in [2.75, 3.05) is 33.2 Å². The lowest BCUT2D eigenvalue weighted by Crippen LogP contribution is -2.51. The summed E-state index contributed by atoms with van der Waals surface area (Å²) in [5, 5.41) is 2.95. The number of nitrogens with one attached hydrogen (secondary N) is 1. The molecule has 6 heteroatoms. The number of hydrogen-bond acceptors (Lipinski definition) is 2. The van der Waals surface area contributed by atoms with Gasteiger partial charge in [0.25, 0.3) is 5.92 Å². The summed E-state index contributed by atoms with van der Waals surface area (Å²) >= 11 is 0. The minimum atomic E-state index is -2.59. The van der Waals surface area contributed by atoms with Crippen LogP contribution in [-0.4, -0.2) is 61.0 Å². The molecule has 0 aromatic heterocycles. The van der Waals surface area contributed by atoms with Gasteiger partial charge in [0, 0.05) is 32.0 Å². The molecule has 0 aromatic rings. The van der Waals surface area contributed by atoms with Gasteiger partial charge in [0.05, 0.1) is 0 Å². The first kappa shape index (κ1) is 13.5. The van der Waals surface area contributed by atoms with Crippen molar-refractivity contribution in [2.45, 2.75) is 37.6 Å². The number of carbonyl (C=O) groups excluding carboxylic acids is 1. The van der Waals surface area contributed by atoms with Crippen molar-refractivity contribution < 1.29 is 13.6 Å². The highest BCUT2D eigenvalue weighted by Crippen LogP contribution is 2.27. The Balaban J connectivity index is 1.75. The molecule has 4 nitrogen and oxygen atoms in total. The fourth-order valence-electron chi connectivity index (χ4n) is 2.46. The number of amides is 2. The zero-order valence-corrected chi connectivity index (χ0v) is 10.8. The maximum atomic E-state index is 13.0. The molecule has 0 unspecified atom stereocenters. The van der Waals surface area contributed by atoms with Crippen LogP contribution >= 0.6 is 0 Å². The van der Waals surface area contributed by atoms with Gasteiger partial charge in [-0.05, 0) is 33.0 Å². The Kier molecular flexibility index (Phi) is 4.04. The monoisotopic (exact) mass is 261 g/mol. The van der Waals surface area contributed by atoms with E-state index in [9.17, 15) is 13.6 Å². The highest BCUT2D eigenvalue weighted by atomic mass is 19.3. The molecule has 2 rings (SSSR count). The number of rotatable bonds is 1. The van der Waals surface area contributed by atoms with Gasteiger partial charge in [0.2, 0.25) is 0 Å². The van der Waals surface area contributed by atoms with Crippen LogP contribution in [-0.2, 0) is 0 Å². The molecule has 2 fully saturated rings. The number of piperidine rings is 2. The number of hydrogen-bond donors (Lipinski definition) is 1. The lowest BCUT2D eigenvalue weighted by atomic mass is 10.1. The van der Waals surface area contributed by atoms with Crippen molar-refractivity contribution in [3.8, 4) is 0 Å². The summed E-state index contributed by atoms with van der Waals surface area (Å²) in [5.41, 5.74) is 0. The molecular formula is C12H21F2N3O. The number of alkyl halides is 2. The SMILES string of the molecule is CN1CCC(NC(=O)N2CCC(F)(F)CC2)CC1. The Morgan fingerprint density at radius 2 is 1.72 bits per heavy atom. The van der Waals surface area contributed by atoms with E-state index in [1.165, 1.54) is 4.90 Å². The zero-order chi connectivity index (χ0) is 13.2. The summed E-state index contributed by atoms with van der Waals surface area (Å²) in [6.07, 6.45) is 1.44. The Hall–Kier alpha value is -0.910. The molecule has 2 heterocycles. The highest BCUT2D eigenvalue weighted by Gasteiger charge is 2.36. The molecule has 104 valence electrons. The van der Waals surface area contributed by atoms with Crippen LogP contribution in [0.25, 0.3) is 0 Å². The van der Waals surface area contributed by atoms with E-state index in [-0.39, 0.29) is 38.0 Å². The standard InChI is InChI=1S/C12H21F2N3O/c1-16-6-2-10(3-7-16)15-11(18)17-8-4-12(13,14)5-9-17/h10H,2-9H2,1H3,(H,15,18). The van der Waals surface area contributed by atoms with Gasteiger partial charge in [-0.2, -0.15) is 0 Å². The van der Waals surface area contributed by atoms with Gasteiger partial charge in [-0.1, -0.05) is 0 Å². The first-order valence-electron chi connectivity index (χ1n) is 6.58. The van der Waals surface area contributed by atoms with E-state index in [1.807, 2.05) is 0 Å². The fourth-order valence-corrected chi connectivity index (χ4v) is 2.46.